The molecule has 0 fully saturated rings. The van der Waals surface area contributed by atoms with Gasteiger partial charge in [0.25, 0.3) is 5.69 Å². The number of rotatable bonds is 4. The van der Waals surface area contributed by atoms with Crippen molar-refractivity contribution in [2.24, 2.45) is 0 Å². The van der Waals surface area contributed by atoms with Crippen LogP contribution in [0, 0.1) is 14.8 Å². The molecule has 28 heavy (non-hydrogen) atoms. The van der Waals surface area contributed by atoms with E-state index in [-0.39, 0.29) is 5.69 Å². The summed E-state index contributed by atoms with van der Waals surface area (Å²) < 4.78 is 2.49. The molecule has 0 saturated heterocycles. The highest BCUT2D eigenvalue weighted by atomic mass is 32.1. The molecule has 0 saturated carbocycles. The number of non-ortho nitro benzene ring substituents is 1. The third-order valence-electron chi connectivity index (χ3n) is 4.78. The molecular formula is C21H18N4O2S. The van der Waals surface area contributed by atoms with Gasteiger partial charge in [-0.25, -0.2) is 4.98 Å². The Kier molecular flexibility index (Phi) is 4.52. The SMILES string of the molecule is CC(C)c1ccc(-c2cnc3[nH]c(-c4ccc([N+](=O)[O-])cc4)cn3c2=S)cc1. The van der Waals surface area contributed by atoms with Gasteiger partial charge in [-0.3, -0.25) is 14.5 Å². The van der Waals surface area contributed by atoms with Gasteiger partial charge in [-0.15, -0.1) is 0 Å². The number of aromatic nitrogens is 3. The van der Waals surface area contributed by atoms with Gasteiger partial charge < -0.3 is 4.98 Å². The highest BCUT2D eigenvalue weighted by Gasteiger charge is 2.11. The molecule has 4 rings (SSSR count). The number of benzene rings is 2. The minimum atomic E-state index is -0.413. The molecule has 0 aliphatic heterocycles. The van der Waals surface area contributed by atoms with Gasteiger partial charge >= 0.3 is 0 Å². The Labute approximate surface area is 166 Å². The fraction of sp³-hybridized carbons (Fsp3) is 0.143. The number of fused-ring (bicyclic) bond motifs is 1. The average molecular weight is 390 g/mol. The van der Waals surface area contributed by atoms with Gasteiger partial charge in [0.15, 0.2) is 0 Å². The molecule has 0 atom stereocenters. The maximum Gasteiger partial charge on any atom is 0.269 e. The van der Waals surface area contributed by atoms with E-state index in [0.29, 0.717) is 16.3 Å². The lowest BCUT2D eigenvalue weighted by Crippen LogP contribution is -1.93. The van der Waals surface area contributed by atoms with Gasteiger partial charge in [-0.05, 0) is 29.2 Å². The van der Waals surface area contributed by atoms with Crippen molar-refractivity contribution in [1.29, 1.82) is 0 Å². The minimum Gasteiger partial charge on any atom is -0.323 e. The summed E-state index contributed by atoms with van der Waals surface area (Å²) in [5.74, 6) is 1.10. The second-order valence-electron chi connectivity index (χ2n) is 6.92. The number of hydrogen-bond donors (Lipinski definition) is 1. The zero-order valence-electron chi connectivity index (χ0n) is 15.4. The maximum atomic E-state index is 10.8. The Hall–Kier alpha value is -3.32. The van der Waals surface area contributed by atoms with Gasteiger partial charge in [0.1, 0.15) is 4.64 Å². The molecule has 140 valence electrons. The lowest BCUT2D eigenvalue weighted by atomic mass is 10.00. The fourth-order valence-corrected chi connectivity index (χ4v) is 3.43. The van der Waals surface area contributed by atoms with Crippen LogP contribution >= 0.6 is 12.2 Å². The van der Waals surface area contributed by atoms with Crippen molar-refractivity contribution < 1.29 is 4.92 Å². The second-order valence-corrected chi connectivity index (χ2v) is 7.31. The van der Waals surface area contributed by atoms with Gasteiger partial charge in [0, 0.05) is 35.7 Å². The van der Waals surface area contributed by atoms with Gasteiger partial charge in [-0.2, -0.15) is 0 Å². The number of H-pyrrole nitrogens is 1. The summed E-state index contributed by atoms with van der Waals surface area (Å²) in [6.07, 6.45) is 3.65. The monoisotopic (exact) mass is 390 g/mol. The first kappa shape index (κ1) is 18.1. The van der Waals surface area contributed by atoms with E-state index in [2.05, 4.69) is 48.1 Å². The first-order chi connectivity index (χ1) is 13.4. The molecule has 0 aliphatic carbocycles. The van der Waals surface area contributed by atoms with E-state index in [4.69, 9.17) is 12.2 Å². The molecule has 2 aromatic heterocycles. The largest absolute Gasteiger partial charge is 0.323 e. The van der Waals surface area contributed by atoms with Crippen molar-refractivity contribution in [2.45, 2.75) is 19.8 Å². The first-order valence-electron chi connectivity index (χ1n) is 8.89. The maximum absolute atomic E-state index is 10.8. The number of nitro benzene ring substituents is 1. The van der Waals surface area contributed by atoms with E-state index in [1.165, 1.54) is 17.7 Å². The fourth-order valence-electron chi connectivity index (χ4n) is 3.12. The van der Waals surface area contributed by atoms with Crippen molar-refractivity contribution in [1.82, 2.24) is 14.4 Å². The topological polar surface area (TPSA) is 76.2 Å². The van der Waals surface area contributed by atoms with E-state index in [1.54, 1.807) is 18.3 Å². The normalized spacial score (nSPS) is 11.2. The molecule has 0 spiro atoms. The summed E-state index contributed by atoms with van der Waals surface area (Å²) in [6.45, 7) is 4.33. The van der Waals surface area contributed by atoms with Crippen LogP contribution in [-0.2, 0) is 0 Å². The quantitative estimate of drug-likeness (QED) is 0.273. The highest BCUT2D eigenvalue weighted by molar-refractivity contribution is 7.71. The number of nitro groups is 1. The van der Waals surface area contributed by atoms with Crippen LogP contribution in [0.3, 0.4) is 0 Å². The molecule has 0 aliphatic rings. The Balaban J connectivity index is 1.75. The smallest absolute Gasteiger partial charge is 0.269 e. The molecule has 0 amide bonds. The van der Waals surface area contributed by atoms with E-state index in [1.807, 2.05) is 10.6 Å². The molecule has 4 aromatic rings. The molecule has 2 aromatic carbocycles. The molecule has 7 heteroatoms. The van der Waals surface area contributed by atoms with Crippen LogP contribution in [0.4, 0.5) is 5.69 Å². The summed E-state index contributed by atoms with van der Waals surface area (Å²) in [4.78, 5) is 18.1. The molecule has 6 nitrogen and oxygen atoms in total. The molecule has 0 unspecified atom stereocenters. The Morgan fingerprint density at radius 2 is 1.71 bits per heavy atom. The van der Waals surface area contributed by atoms with Crippen LogP contribution in [0.2, 0.25) is 0 Å². The third-order valence-corrected chi connectivity index (χ3v) is 5.19. The first-order valence-corrected chi connectivity index (χ1v) is 9.30. The van der Waals surface area contributed by atoms with Crippen molar-refractivity contribution in [3.63, 3.8) is 0 Å². The summed E-state index contributed by atoms with van der Waals surface area (Å²) in [6, 6.07) is 14.7. The number of imidazole rings is 1. The van der Waals surface area contributed by atoms with Crippen LogP contribution in [-0.4, -0.2) is 19.3 Å². The van der Waals surface area contributed by atoms with Gasteiger partial charge in [-0.1, -0.05) is 50.3 Å². The molecule has 0 bridgehead atoms. The summed E-state index contributed by atoms with van der Waals surface area (Å²) in [5, 5.41) is 10.8. The van der Waals surface area contributed by atoms with E-state index >= 15 is 0 Å². The van der Waals surface area contributed by atoms with Crippen LogP contribution in [0.5, 0.6) is 0 Å². The summed E-state index contributed by atoms with van der Waals surface area (Å²) in [7, 11) is 0. The summed E-state index contributed by atoms with van der Waals surface area (Å²) >= 11 is 5.69. The van der Waals surface area contributed by atoms with Crippen LogP contribution in [0.15, 0.2) is 60.9 Å². The van der Waals surface area contributed by atoms with Gasteiger partial charge in [0.05, 0.1) is 10.6 Å². The van der Waals surface area contributed by atoms with Crippen molar-refractivity contribution in [3.8, 4) is 22.4 Å². The van der Waals surface area contributed by atoms with E-state index in [0.717, 1.165) is 22.4 Å². The summed E-state index contributed by atoms with van der Waals surface area (Å²) in [5.41, 5.74) is 4.86. The molecule has 0 radical (unpaired) electrons. The van der Waals surface area contributed by atoms with E-state index in [9.17, 15) is 10.1 Å². The Morgan fingerprint density at radius 1 is 1.07 bits per heavy atom. The Morgan fingerprint density at radius 3 is 2.32 bits per heavy atom. The van der Waals surface area contributed by atoms with E-state index < -0.39 is 4.92 Å². The molecular weight excluding hydrogens is 372 g/mol. The predicted octanol–water partition coefficient (Wildman–Crippen LogP) is 5.76. The van der Waals surface area contributed by atoms with Crippen molar-refractivity contribution in [3.05, 3.63) is 81.2 Å². The second kappa shape index (κ2) is 7.01. The van der Waals surface area contributed by atoms with Crippen LogP contribution in [0.1, 0.15) is 25.3 Å². The van der Waals surface area contributed by atoms with Gasteiger partial charge in [0.2, 0.25) is 5.78 Å². The minimum absolute atomic E-state index is 0.0572. The zero-order chi connectivity index (χ0) is 19.8. The zero-order valence-corrected chi connectivity index (χ0v) is 16.2. The molecule has 2 heterocycles. The molecule has 1 N–H and O–H groups in total. The van der Waals surface area contributed by atoms with Crippen LogP contribution < -0.4 is 0 Å². The number of aromatic amines is 1. The third kappa shape index (κ3) is 3.20. The lowest BCUT2D eigenvalue weighted by Gasteiger charge is -2.07. The van der Waals surface area contributed by atoms with Crippen molar-refractivity contribution >= 4 is 23.7 Å². The van der Waals surface area contributed by atoms with Crippen molar-refractivity contribution in [2.75, 3.05) is 0 Å². The average Bonchev–Trinajstić information content (AvgIpc) is 3.14. The number of nitrogens with zero attached hydrogens (tertiary/aromatic N) is 3. The highest BCUT2D eigenvalue weighted by Crippen LogP contribution is 2.26. The standard InChI is InChI=1S/C21H18N4O2S/c1-13(2)14-3-5-15(6-4-14)18-11-22-21-23-19(12-24(21)20(18)28)16-7-9-17(10-8-16)25(26)27/h3-13H,1-2H3,(H,22,23). The number of nitrogens with one attached hydrogen (secondary N) is 1. The Bertz CT molecular complexity index is 1220. The number of hydrogen-bond acceptors (Lipinski definition) is 4. The lowest BCUT2D eigenvalue weighted by molar-refractivity contribution is -0.384. The predicted molar refractivity (Wildman–Crippen MR) is 112 cm³/mol. The van der Waals surface area contributed by atoms with Crippen LogP contribution in [0.25, 0.3) is 28.2 Å².